The summed E-state index contributed by atoms with van der Waals surface area (Å²) in [7, 11) is 1.17. The molecule has 0 amide bonds. The van der Waals surface area contributed by atoms with Crippen LogP contribution in [-0.2, 0) is 33.3 Å². The van der Waals surface area contributed by atoms with E-state index < -0.39 is 85.4 Å². The van der Waals surface area contributed by atoms with Crippen molar-refractivity contribution in [2.24, 2.45) is 50.2 Å². The van der Waals surface area contributed by atoms with Crippen molar-refractivity contribution in [3.63, 3.8) is 0 Å². The fourth-order valence-corrected chi connectivity index (χ4v) is 13.7. The third kappa shape index (κ3) is 6.48. The molecule has 7 rings (SSSR count). The van der Waals surface area contributed by atoms with Gasteiger partial charge in [0.1, 0.15) is 42.7 Å². The van der Waals surface area contributed by atoms with Crippen molar-refractivity contribution >= 4 is 11.9 Å². The molecule has 0 radical (unpaired) electrons. The second kappa shape index (κ2) is 14.7. The largest absolute Gasteiger partial charge is 0.467 e. The molecular formula is C43H68O14. The molecule has 14 nitrogen and oxygen atoms in total. The maximum atomic E-state index is 14.6. The van der Waals surface area contributed by atoms with Crippen LogP contribution in [0.5, 0.6) is 0 Å². The van der Waals surface area contributed by atoms with Crippen LogP contribution >= 0.6 is 0 Å². The molecule has 0 aromatic carbocycles. The SMILES string of the molecule is COC(=O)[C@H]1O[C@@H](O[C@H]2CC[C@@]3(C)[C@@H](CC[C@]4(C)[C@H]3CC=C3[C@@H]5CC(C)(C)CC[C@]5(C(=O)O[C@@H]5O[C@H](CO)[C@@H](O)[C@H](O)[C@H]5O)CC[C@]34C)C2(C)C)[C@H](O)[C@@H](O)[C@@H]1O. The Kier molecular flexibility index (Phi) is 11.2. The van der Waals surface area contributed by atoms with Crippen LogP contribution in [0.2, 0.25) is 0 Å². The van der Waals surface area contributed by atoms with Gasteiger partial charge in [0.15, 0.2) is 12.4 Å². The first-order valence-corrected chi connectivity index (χ1v) is 21.2. The molecule has 18 atom stereocenters. The number of carbonyl (C=O) groups is 2. The number of hydrogen-bond donors (Lipinski definition) is 7. The minimum Gasteiger partial charge on any atom is -0.467 e. The molecule has 2 heterocycles. The summed E-state index contributed by atoms with van der Waals surface area (Å²) in [6.45, 7) is 15.6. The van der Waals surface area contributed by atoms with E-state index in [2.05, 4.69) is 54.5 Å². The van der Waals surface area contributed by atoms with E-state index in [0.29, 0.717) is 25.2 Å². The molecule has 0 unspecified atom stereocenters. The molecule has 7 aliphatic rings. The third-order valence-corrected chi connectivity index (χ3v) is 17.4. The minimum atomic E-state index is -1.67. The van der Waals surface area contributed by atoms with Crippen molar-refractivity contribution in [1.82, 2.24) is 0 Å². The van der Waals surface area contributed by atoms with E-state index in [4.69, 9.17) is 23.7 Å². The van der Waals surface area contributed by atoms with Crippen LogP contribution in [-0.4, -0.2) is 129 Å². The first-order valence-electron chi connectivity index (χ1n) is 21.2. The van der Waals surface area contributed by atoms with Gasteiger partial charge in [-0.05, 0) is 109 Å². The van der Waals surface area contributed by atoms with Crippen molar-refractivity contribution < 1.29 is 69.0 Å². The molecular weight excluding hydrogens is 740 g/mol. The quantitative estimate of drug-likeness (QED) is 0.117. The van der Waals surface area contributed by atoms with Crippen molar-refractivity contribution in [2.45, 2.75) is 180 Å². The Bertz CT molecular complexity index is 1580. The molecule has 2 aliphatic heterocycles. The average molecular weight is 809 g/mol. The van der Waals surface area contributed by atoms with Gasteiger partial charge < -0.3 is 59.4 Å². The topological polar surface area (TPSA) is 222 Å². The number of aliphatic hydroxyl groups is 7. The van der Waals surface area contributed by atoms with Gasteiger partial charge >= 0.3 is 11.9 Å². The number of esters is 2. The van der Waals surface area contributed by atoms with Gasteiger partial charge in [-0.3, -0.25) is 4.79 Å². The molecule has 0 aromatic heterocycles. The van der Waals surface area contributed by atoms with E-state index in [1.165, 1.54) is 12.7 Å². The minimum absolute atomic E-state index is 0.0267. The molecule has 7 N–H and O–H groups in total. The van der Waals surface area contributed by atoms with E-state index in [9.17, 15) is 45.3 Å². The van der Waals surface area contributed by atoms with Crippen LogP contribution in [0.3, 0.4) is 0 Å². The summed E-state index contributed by atoms with van der Waals surface area (Å²) in [6.07, 6.45) is -5.33. The number of rotatable bonds is 6. The maximum Gasteiger partial charge on any atom is 0.337 e. The zero-order chi connectivity index (χ0) is 41.8. The van der Waals surface area contributed by atoms with Crippen molar-refractivity contribution in [2.75, 3.05) is 13.7 Å². The Morgan fingerprint density at radius 2 is 1.40 bits per heavy atom. The Balaban J connectivity index is 1.15. The number of hydrogen-bond acceptors (Lipinski definition) is 14. The van der Waals surface area contributed by atoms with E-state index in [0.717, 1.165) is 44.9 Å². The van der Waals surface area contributed by atoms with E-state index >= 15 is 0 Å². The Hall–Kier alpha value is -1.72. The summed E-state index contributed by atoms with van der Waals surface area (Å²) < 4.78 is 28.7. The number of fused-ring (bicyclic) bond motifs is 7. The maximum absolute atomic E-state index is 14.6. The van der Waals surface area contributed by atoms with Gasteiger partial charge in [0.2, 0.25) is 6.29 Å². The smallest absolute Gasteiger partial charge is 0.337 e. The first kappa shape index (κ1) is 43.4. The van der Waals surface area contributed by atoms with Crippen molar-refractivity contribution in [1.29, 1.82) is 0 Å². The monoisotopic (exact) mass is 808 g/mol. The first-order chi connectivity index (χ1) is 26.5. The van der Waals surface area contributed by atoms with Crippen LogP contribution in [0.25, 0.3) is 0 Å². The van der Waals surface area contributed by atoms with Gasteiger partial charge in [-0.1, -0.05) is 60.1 Å². The zero-order valence-corrected chi connectivity index (χ0v) is 34.9. The zero-order valence-electron chi connectivity index (χ0n) is 34.9. The summed E-state index contributed by atoms with van der Waals surface area (Å²) in [5.41, 5.74) is -0.351. The second-order valence-electron chi connectivity index (χ2n) is 20.9. The Morgan fingerprint density at radius 3 is 2.07 bits per heavy atom. The second-order valence-corrected chi connectivity index (χ2v) is 20.9. The van der Waals surface area contributed by atoms with Gasteiger partial charge in [0, 0.05) is 0 Å². The number of allylic oxidation sites excluding steroid dienone is 2. The molecule has 0 aromatic rings. The normalized spacial score (nSPS) is 51.5. The molecule has 0 spiro atoms. The summed E-state index contributed by atoms with van der Waals surface area (Å²) in [4.78, 5) is 27.0. The highest BCUT2D eigenvalue weighted by Gasteiger charge is 2.70. The lowest BCUT2D eigenvalue weighted by Crippen LogP contribution is -2.66. The standard InChI is InChI=1S/C43H68O14/c1-38(2)15-17-43(37(52)57-35-31(49)28(46)27(45)23(20-44)54-35)18-16-41(6)21(22(43)19-38)9-10-25-40(5)13-12-26(39(3,4)24(40)11-14-42(25,41)7)55-36-32(50)29(47)30(48)33(56-36)34(51)53-8/h9,22-33,35-36,44-50H,10-20H2,1-8H3/t22-,23+,24-,25-,26-,27+,28-,29-,30-,31+,32+,33-,35-,36+,40-,41+,42+,43-/m0/s1. The lowest BCUT2D eigenvalue weighted by Gasteiger charge is -2.71. The fraction of sp³-hybridized carbons (Fsp3) is 0.907. The van der Waals surface area contributed by atoms with Gasteiger partial charge in [-0.2, -0.15) is 0 Å². The molecule has 14 heteroatoms. The van der Waals surface area contributed by atoms with E-state index in [-0.39, 0.29) is 45.0 Å². The highest BCUT2D eigenvalue weighted by molar-refractivity contribution is 5.79. The molecule has 57 heavy (non-hydrogen) atoms. The van der Waals surface area contributed by atoms with Gasteiger partial charge in [-0.15, -0.1) is 0 Å². The van der Waals surface area contributed by atoms with Crippen LogP contribution < -0.4 is 0 Å². The molecule has 5 aliphatic carbocycles. The lowest BCUT2D eigenvalue weighted by atomic mass is 9.33. The average Bonchev–Trinajstić information content (AvgIpc) is 3.15. The predicted molar refractivity (Wildman–Crippen MR) is 202 cm³/mol. The van der Waals surface area contributed by atoms with E-state index in [1.54, 1.807) is 0 Å². The summed E-state index contributed by atoms with van der Waals surface area (Å²) in [5.74, 6) is -0.876. The number of methoxy groups -OCH3 is 1. The molecule has 6 fully saturated rings. The molecule has 0 bridgehead atoms. The van der Waals surface area contributed by atoms with Crippen molar-refractivity contribution in [3.05, 3.63) is 11.6 Å². The van der Waals surface area contributed by atoms with Crippen LogP contribution in [0.4, 0.5) is 0 Å². The predicted octanol–water partition coefficient (Wildman–Crippen LogP) is 2.50. The van der Waals surface area contributed by atoms with Crippen LogP contribution in [0.1, 0.15) is 113 Å². The van der Waals surface area contributed by atoms with Crippen LogP contribution in [0, 0.1) is 50.2 Å². The highest BCUT2D eigenvalue weighted by Crippen LogP contribution is 2.76. The van der Waals surface area contributed by atoms with Crippen molar-refractivity contribution in [3.8, 4) is 0 Å². The number of ether oxygens (including phenoxy) is 5. The number of aliphatic hydroxyl groups excluding tert-OH is 7. The Labute approximate surface area is 336 Å². The Morgan fingerprint density at radius 1 is 0.754 bits per heavy atom. The van der Waals surface area contributed by atoms with E-state index in [1.807, 2.05) is 0 Å². The van der Waals surface area contributed by atoms with Gasteiger partial charge in [0.25, 0.3) is 0 Å². The summed E-state index contributed by atoms with van der Waals surface area (Å²) in [5, 5.41) is 73.3. The molecule has 324 valence electrons. The molecule has 2 saturated heterocycles. The lowest BCUT2D eigenvalue weighted by molar-refractivity contribution is -0.324. The van der Waals surface area contributed by atoms with Gasteiger partial charge in [0.05, 0.1) is 25.2 Å². The summed E-state index contributed by atoms with van der Waals surface area (Å²) in [6, 6.07) is 0. The van der Waals surface area contributed by atoms with Crippen LogP contribution in [0.15, 0.2) is 11.6 Å². The highest BCUT2D eigenvalue weighted by atomic mass is 16.7. The third-order valence-electron chi connectivity index (χ3n) is 17.4. The fourth-order valence-electron chi connectivity index (χ4n) is 13.7. The van der Waals surface area contributed by atoms with Gasteiger partial charge in [-0.25, -0.2) is 4.79 Å². The number of carbonyl (C=O) groups excluding carboxylic acids is 2. The molecule has 4 saturated carbocycles. The summed E-state index contributed by atoms with van der Waals surface area (Å²) >= 11 is 0.